The SMILES string of the molecule is CCOCCNC(=NC)NCC(OC)C(C)(C)C. The first-order valence-corrected chi connectivity index (χ1v) is 6.50. The molecule has 0 aliphatic carbocycles. The van der Waals surface area contributed by atoms with E-state index in [9.17, 15) is 0 Å². The molecule has 2 N–H and O–H groups in total. The summed E-state index contributed by atoms with van der Waals surface area (Å²) in [6, 6.07) is 0. The first-order chi connectivity index (χ1) is 8.45. The van der Waals surface area contributed by atoms with Gasteiger partial charge in [-0.25, -0.2) is 0 Å². The summed E-state index contributed by atoms with van der Waals surface area (Å²) in [5.74, 6) is 0.779. The molecule has 0 aliphatic rings. The Kier molecular flexibility index (Phi) is 8.75. The Balaban J connectivity index is 3.99. The van der Waals surface area contributed by atoms with Crippen LogP contribution in [0.15, 0.2) is 4.99 Å². The van der Waals surface area contributed by atoms with Crippen LogP contribution in [0.2, 0.25) is 0 Å². The molecule has 0 aliphatic heterocycles. The number of methoxy groups -OCH3 is 1. The van der Waals surface area contributed by atoms with Gasteiger partial charge in [-0.05, 0) is 12.3 Å². The van der Waals surface area contributed by atoms with E-state index < -0.39 is 0 Å². The highest BCUT2D eigenvalue weighted by atomic mass is 16.5. The van der Waals surface area contributed by atoms with E-state index in [1.54, 1.807) is 14.2 Å². The molecule has 0 saturated carbocycles. The zero-order valence-electron chi connectivity index (χ0n) is 12.7. The van der Waals surface area contributed by atoms with Crippen molar-refractivity contribution in [1.29, 1.82) is 0 Å². The second-order valence-electron chi connectivity index (χ2n) is 5.17. The first-order valence-electron chi connectivity index (χ1n) is 6.50. The van der Waals surface area contributed by atoms with Gasteiger partial charge in [0.05, 0.1) is 12.7 Å². The van der Waals surface area contributed by atoms with Crippen LogP contribution in [0.3, 0.4) is 0 Å². The van der Waals surface area contributed by atoms with Crippen molar-refractivity contribution in [2.45, 2.75) is 33.8 Å². The van der Waals surface area contributed by atoms with Gasteiger partial charge in [0.2, 0.25) is 0 Å². The van der Waals surface area contributed by atoms with Gasteiger partial charge in [-0.3, -0.25) is 4.99 Å². The lowest BCUT2D eigenvalue weighted by molar-refractivity contribution is 0.0205. The smallest absolute Gasteiger partial charge is 0.191 e. The van der Waals surface area contributed by atoms with E-state index in [1.807, 2.05) is 6.92 Å². The van der Waals surface area contributed by atoms with Crippen LogP contribution < -0.4 is 10.6 Å². The minimum Gasteiger partial charge on any atom is -0.380 e. The summed E-state index contributed by atoms with van der Waals surface area (Å²) in [4.78, 5) is 4.16. The van der Waals surface area contributed by atoms with Gasteiger partial charge in [0, 0.05) is 33.9 Å². The van der Waals surface area contributed by atoms with Crippen LogP contribution in [0.25, 0.3) is 0 Å². The molecule has 18 heavy (non-hydrogen) atoms. The molecule has 0 aromatic rings. The quantitative estimate of drug-likeness (QED) is 0.410. The molecule has 0 aromatic carbocycles. The minimum absolute atomic E-state index is 0.103. The summed E-state index contributed by atoms with van der Waals surface area (Å²) in [7, 11) is 3.50. The lowest BCUT2D eigenvalue weighted by Gasteiger charge is -2.30. The predicted molar refractivity (Wildman–Crippen MR) is 76.1 cm³/mol. The molecule has 1 atom stereocenters. The number of nitrogens with one attached hydrogen (secondary N) is 2. The summed E-state index contributed by atoms with van der Waals surface area (Å²) in [5.41, 5.74) is 0.103. The zero-order valence-corrected chi connectivity index (χ0v) is 12.7. The molecular weight excluding hydrogens is 230 g/mol. The second kappa shape index (κ2) is 9.16. The summed E-state index contributed by atoms with van der Waals surface area (Å²) in [6.07, 6.45) is 0.142. The standard InChI is InChI=1S/C13H29N3O2/c1-7-18-9-8-15-12(14-5)16-10-11(17-6)13(2,3)4/h11H,7-10H2,1-6H3,(H2,14,15,16). The molecule has 0 amide bonds. The Labute approximate surface area is 111 Å². The maximum atomic E-state index is 5.48. The Morgan fingerprint density at radius 1 is 1.28 bits per heavy atom. The van der Waals surface area contributed by atoms with E-state index in [2.05, 4.69) is 36.4 Å². The molecule has 1 unspecified atom stereocenters. The van der Waals surface area contributed by atoms with E-state index in [0.717, 1.165) is 25.7 Å². The van der Waals surface area contributed by atoms with Gasteiger partial charge in [-0.15, -0.1) is 0 Å². The number of guanidine groups is 1. The van der Waals surface area contributed by atoms with Crippen LogP contribution in [-0.2, 0) is 9.47 Å². The molecule has 0 rings (SSSR count). The molecule has 5 nitrogen and oxygen atoms in total. The Bertz CT molecular complexity index is 237. The molecule has 0 aromatic heterocycles. The van der Waals surface area contributed by atoms with Gasteiger partial charge in [0.1, 0.15) is 0 Å². The highest BCUT2D eigenvalue weighted by Gasteiger charge is 2.24. The monoisotopic (exact) mass is 259 g/mol. The fraction of sp³-hybridized carbons (Fsp3) is 0.923. The van der Waals surface area contributed by atoms with Gasteiger partial charge in [0.15, 0.2) is 5.96 Å². The third kappa shape index (κ3) is 7.50. The van der Waals surface area contributed by atoms with Gasteiger partial charge >= 0.3 is 0 Å². The lowest BCUT2D eigenvalue weighted by Crippen LogP contribution is -2.45. The Hall–Kier alpha value is -0.810. The zero-order chi connectivity index (χ0) is 14.0. The van der Waals surface area contributed by atoms with Crippen LogP contribution in [-0.4, -0.2) is 52.5 Å². The van der Waals surface area contributed by atoms with Crippen LogP contribution in [0.1, 0.15) is 27.7 Å². The van der Waals surface area contributed by atoms with Gasteiger partial charge in [-0.1, -0.05) is 20.8 Å². The maximum Gasteiger partial charge on any atom is 0.191 e. The van der Waals surface area contributed by atoms with Crippen LogP contribution in [0, 0.1) is 5.41 Å². The highest BCUT2D eigenvalue weighted by molar-refractivity contribution is 5.79. The van der Waals surface area contributed by atoms with Crippen molar-refractivity contribution in [3.05, 3.63) is 0 Å². The molecule has 0 radical (unpaired) electrons. The van der Waals surface area contributed by atoms with Gasteiger partial charge < -0.3 is 20.1 Å². The first kappa shape index (κ1) is 17.2. The van der Waals surface area contributed by atoms with Crippen LogP contribution in [0.4, 0.5) is 0 Å². The van der Waals surface area contributed by atoms with Crippen molar-refractivity contribution in [3.63, 3.8) is 0 Å². The Morgan fingerprint density at radius 2 is 1.94 bits per heavy atom. The van der Waals surface area contributed by atoms with E-state index in [4.69, 9.17) is 9.47 Å². The van der Waals surface area contributed by atoms with Crippen LogP contribution in [0.5, 0.6) is 0 Å². The summed E-state index contributed by atoms with van der Waals surface area (Å²) in [5, 5.41) is 6.46. The van der Waals surface area contributed by atoms with E-state index in [0.29, 0.717) is 6.61 Å². The van der Waals surface area contributed by atoms with E-state index in [1.165, 1.54) is 0 Å². The van der Waals surface area contributed by atoms with Crippen molar-refractivity contribution in [1.82, 2.24) is 10.6 Å². The summed E-state index contributed by atoms with van der Waals surface area (Å²) < 4.78 is 10.7. The van der Waals surface area contributed by atoms with Crippen molar-refractivity contribution in [2.24, 2.45) is 10.4 Å². The van der Waals surface area contributed by atoms with E-state index in [-0.39, 0.29) is 11.5 Å². The third-order valence-corrected chi connectivity index (χ3v) is 2.67. The summed E-state index contributed by atoms with van der Waals surface area (Å²) in [6.45, 7) is 11.4. The number of rotatable bonds is 7. The number of hydrogen-bond acceptors (Lipinski definition) is 3. The average Bonchev–Trinajstić information content (AvgIpc) is 2.31. The van der Waals surface area contributed by atoms with Gasteiger partial charge in [-0.2, -0.15) is 0 Å². The lowest BCUT2D eigenvalue weighted by atomic mass is 9.89. The largest absolute Gasteiger partial charge is 0.380 e. The Morgan fingerprint density at radius 3 is 2.39 bits per heavy atom. The van der Waals surface area contributed by atoms with Gasteiger partial charge in [0.25, 0.3) is 0 Å². The maximum absolute atomic E-state index is 5.48. The fourth-order valence-corrected chi connectivity index (χ4v) is 1.54. The average molecular weight is 259 g/mol. The normalized spacial score (nSPS) is 14.4. The fourth-order valence-electron chi connectivity index (χ4n) is 1.54. The second-order valence-corrected chi connectivity index (χ2v) is 5.17. The number of ether oxygens (including phenoxy) is 2. The predicted octanol–water partition coefficient (Wildman–Crippen LogP) is 1.25. The number of nitrogens with zero attached hydrogens (tertiary/aromatic N) is 1. The highest BCUT2D eigenvalue weighted by Crippen LogP contribution is 2.20. The number of hydrogen-bond donors (Lipinski definition) is 2. The number of aliphatic imine (C=N–C) groups is 1. The molecule has 0 bridgehead atoms. The topological polar surface area (TPSA) is 54.9 Å². The minimum atomic E-state index is 0.103. The summed E-state index contributed by atoms with van der Waals surface area (Å²) >= 11 is 0. The molecule has 5 heteroatoms. The van der Waals surface area contributed by atoms with Crippen molar-refractivity contribution < 1.29 is 9.47 Å². The molecular formula is C13H29N3O2. The van der Waals surface area contributed by atoms with Crippen LogP contribution >= 0.6 is 0 Å². The molecule has 108 valence electrons. The van der Waals surface area contributed by atoms with Crippen molar-refractivity contribution >= 4 is 5.96 Å². The molecule has 0 heterocycles. The molecule has 0 spiro atoms. The third-order valence-electron chi connectivity index (χ3n) is 2.67. The molecule has 0 fully saturated rings. The van der Waals surface area contributed by atoms with Crippen molar-refractivity contribution in [2.75, 3.05) is 40.5 Å². The van der Waals surface area contributed by atoms with Crippen molar-refractivity contribution in [3.8, 4) is 0 Å². The molecule has 0 saturated heterocycles. The van der Waals surface area contributed by atoms with E-state index >= 15 is 0 Å².